The van der Waals surface area contributed by atoms with E-state index in [9.17, 15) is 9.59 Å². The number of primary amides is 1. The Hall–Kier alpha value is -1.88. The van der Waals surface area contributed by atoms with Crippen molar-refractivity contribution in [2.45, 2.75) is 18.9 Å². The van der Waals surface area contributed by atoms with Crippen LogP contribution in [-0.2, 0) is 16.0 Å². The number of hydrogen-bond donors (Lipinski definition) is 1. The fraction of sp³-hybridized carbons (Fsp3) is 0.467. The Kier molecular flexibility index (Phi) is 4.74. The molecule has 2 rings (SSSR count). The molecule has 1 aromatic rings. The highest BCUT2D eigenvalue weighted by Gasteiger charge is 2.32. The molecule has 108 valence electrons. The lowest BCUT2D eigenvalue weighted by Crippen LogP contribution is -2.59. The van der Waals surface area contributed by atoms with E-state index in [1.54, 1.807) is 4.90 Å². The average molecular weight is 275 g/mol. The first kappa shape index (κ1) is 14.5. The molecule has 5 nitrogen and oxygen atoms in total. The van der Waals surface area contributed by atoms with Crippen molar-refractivity contribution in [1.82, 2.24) is 9.80 Å². The zero-order valence-electron chi connectivity index (χ0n) is 11.8. The fourth-order valence-corrected chi connectivity index (χ4v) is 2.50. The molecule has 0 bridgehead atoms. The van der Waals surface area contributed by atoms with Crippen molar-refractivity contribution >= 4 is 11.8 Å². The Bertz CT molecular complexity index is 475. The molecule has 1 fully saturated rings. The summed E-state index contributed by atoms with van der Waals surface area (Å²) in [6.45, 7) is 1.87. The molecule has 0 aliphatic carbocycles. The number of amides is 2. The Morgan fingerprint density at radius 2 is 1.95 bits per heavy atom. The van der Waals surface area contributed by atoms with Crippen LogP contribution in [0.25, 0.3) is 0 Å². The number of hydrogen-bond acceptors (Lipinski definition) is 3. The molecule has 0 aromatic heterocycles. The van der Waals surface area contributed by atoms with Crippen molar-refractivity contribution in [2.75, 3.05) is 26.7 Å². The van der Waals surface area contributed by atoms with Crippen molar-refractivity contribution in [3.05, 3.63) is 35.9 Å². The molecule has 20 heavy (non-hydrogen) atoms. The highest BCUT2D eigenvalue weighted by molar-refractivity contribution is 5.87. The van der Waals surface area contributed by atoms with Gasteiger partial charge >= 0.3 is 0 Å². The summed E-state index contributed by atoms with van der Waals surface area (Å²) in [5, 5.41) is 0. The summed E-state index contributed by atoms with van der Waals surface area (Å²) in [4.78, 5) is 27.4. The van der Waals surface area contributed by atoms with Gasteiger partial charge in [0.15, 0.2) is 0 Å². The third kappa shape index (κ3) is 3.57. The lowest BCUT2D eigenvalue weighted by molar-refractivity contribution is -0.142. The van der Waals surface area contributed by atoms with Gasteiger partial charge in [-0.1, -0.05) is 30.3 Å². The Morgan fingerprint density at radius 3 is 2.60 bits per heavy atom. The summed E-state index contributed by atoms with van der Waals surface area (Å²) in [6.07, 6.45) is 1.11. The number of carbonyl (C=O) groups is 2. The van der Waals surface area contributed by atoms with E-state index in [1.165, 1.54) is 0 Å². The summed E-state index contributed by atoms with van der Waals surface area (Å²) in [6, 6.07) is 9.38. The first-order chi connectivity index (χ1) is 9.58. The van der Waals surface area contributed by atoms with E-state index in [1.807, 2.05) is 42.3 Å². The molecule has 1 unspecified atom stereocenters. The topological polar surface area (TPSA) is 66.6 Å². The summed E-state index contributed by atoms with van der Waals surface area (Å²) >= 11 is 0. The van der Waals surface area contributed by atoms with Gasteiger partial charge in [0.1, 0.15) is 6.04 Å². The van der Waals surface area contributed by atoms with Crippen molar-refractivity contribution in [3.63, 3.8) is 0 Å². The van der Waals surface area contributed by atoms with E-state index >= 15 is 0 Å². The van der Waals surface area contributed by atoms with Crippen LogP contribution in [0.15, 0.2) is 30.3 Å². The lowest BCUT2D eigenvalue weighted by atomic mass is 10.1. The highest BCUT2D eigenvalue weighted by Crippen LogP contribution is 2.12. The minimum absolute atomic E-state index is 0.00533. The van der Waals surface area contributed by atoms with E-state index in [0.29, 0.717) is 25.9 Å². The van der Waals surface area contributed by atoms with Crippen molar-refractivity contribution in [2.24, 2.45) is 5.73 Å². The van der Waals surface area contributed by atoms with E-state index in [0.717, 1.165) is 12.1 Å². The number of benzene rings is 1. The van der Waals surface area contributed by atoms with Crippen molar-refractivity contribution in [3.8, 4) is 0 Å². The lowest BCUT2D eigenvalue weighted by Gasteiger charge is -2.38. The largest absolute Gasteiger partial charge is 0.368 e. The maximum Gasteiger partial charge on any atom is 0.241 e. The summed E-state index contributed by atoms with van der Waals surface area (Å²) < 4.78 is 0. The number of likely N-dealkylation sites (N-methyl/N-ethyl adjacent to an activating group) is 1. The van der Waals surface area contributed by atoms with Crippen LogP contribution < -0.4 is 5.73 Å². The molecule has 0 radical (unpaired) electrons. The smallest absolute Gasteiger partial charge is 0.241 e. The number of aryl methyl sites for hydroxylation is 1. The van der Waals surface area contributed by atoms with Crippen LogP contribution in [0.4, 0.5) is 0 Å². The molecule has 1 heterocycles. The van der Waals surface area contributed by atoms with Gasteiger partial charge in [0.2, 0.25) is 11.8 Å². The van der Waals surface area contributed by atoms with Gasteiger partial charge in [-0.3, -0.25) is 9.59 Å². The predicted molar refractivity (Wildman–Crippen MR) is 77.0 cm³/mol. The molecule has 5 heteroatoms. The van der Waals surface area contributed by atoms with Gasteiger partial charge in [-0.05, 0) is 19.0 Å². The van der Waals surface area contributed by atoms with Crippen molar-refractivity contribution < 1.29 is 9.59 Å². The molecule has 1 aliphatic rings. The molecule has 2 amide bonds. The van der Waals surface area contributed by atoms with Gasteiger partial charge < -0.3 is 15.5 Å². The first-order valence-electron chi connectivity index (χ1n) is 6.89. The van der Waals surface area contributed by atoms with Crippen LogP contribution in [0.1, 0.15) is 12.0 Å². The molecular weight excluding hydrogens is 254 g/mol. The second-order valence-electron chi connectivity index (χ2n) is 5.25. The van der Waals surface area contributed by atoms with Gasteiger partial charge in [0.05, 0.1) is 0 Å². The molecule has 1 aromatic carbocycles. The number of piperazine rings is 1. The zero-order valence-corrected chi connectivity index (χ0v) is 11.8. The Balaban J connectivity index is 1.95. The third-order valence-corrected chi connectivity index (χ3v) is 3.70. The van der Waals surface area contributed by atoms with Gasteiger partial charge in [0.25, 0.3) is 0 Å². The van der Waals surface area contributed by atoms with Gasteiger partial charge in [-0.2, -0.15) is 0 Å². The summed E-state index contributed by atoms with van der Waals surface area (Å²) in [5.41, 5.74) is 6.54. The van der Waals surface area contributed by atoms with Gasteiger partial charge in [-0.25, -0.2) is 0 Å². The quantitative estimate of drug-likeness (QED) is 0.856. The molecule has 1 atom stereocenters. The number of nitrogens with zero attached hydrogens (tertiary/aromatic N) is 2. The molecule has 1 aliphatic heterocycles. The number of rotatable bonds is 4. The van der Waals surface area contributed by atoms with E-state index in [2.05, 4.69) is 0 Å². The molecule has 1 saturated heterocycles. The highest BCUT2D eigenvalue weighted by atomic mass is 16.2. The van der Waals surface area contributed by atoms with Crippen LogP contribution in [0.2, 0.25) is 0 Å². The van der Waals surface area contributed by atoms with E-state index in [-0.39, 0.29) is 5.91 Å². The second-order valence-corrected chi connectivity index (χ2v) is 5.25. The van der Waals surface area contributed by atoms with Crippen LogP contribution in [0.3, 0.4) is 0 Å². The van der Waals surface area contributed by atoms with E-state index < -0.39 is 11.9 Å². The van der Waals surface area contributed by atoms with Crippen LogP contribution in [-0.4, -0.2) is 54.3 Å². The normalized spacial score (nSPS) is 19.9. The molecular formula is C15H21N3O2. The number of carbonyl (C=O) groups excluding carboxylic acids is 2. The Morgan fingerprint density at radius 1 is 1.25 bits per heavy atom. The van der Waals surface area contributed by atoms with Gasteiger partial charge in [-0.15, -0.1) is 0 Å². The molecule has 0 saturated carbocycles. The molecule has 2 N–H and O–H groups in total. The van der Waals surface area contributed by atoms with Gasteiger partial charge in [0, 0.05) is 26.1 Å². The van der Waals surface area contributed by atoms with E-state index in [4.69, 9.17) is 5.73 Å². The average Bonchev–Trinajstić information content (AvgIpc) is 2.45. The minimum Gasteiger partial charge on any atom is -0.368 e. The van der Waals surface area contributed by atoms with Crippen molar-refractivity contribution in [1.29, 1.82) is 0 Å². The summed E-state index contributed by atoms with van der Waals surface area (Å²) in [5.74, 6) is -0.421. The van der Waals surface area contributed by atoms with Crippen LogP contribution in [0, 0.1) is 0 Å². The summed E-state index contributed by atoms with van der Waals surface area (Å²) in [7, 11) is 1.93. The third-order valence-electron chi connectivity index (χ3n) is 3.70. The second kappa shape index (κ2) is 6.52. The van der Waals surface area contributed by atoms with Crippen LogP contribution in [0.5, 0.6) is 0 Å². The standard InChI is InChI=1S/C15H21N3O2/c1-17-9-10-18(13(11-17)15(16)20)14(19)8-7-12-5-3-2-4-6-12/h2-6,13H,7-11H2,1H3,(H2,16,20). The van der Waals surface area contributed by atoms with Crippen LogP contribution >= 0.6 is 0 Å². The molecule has 0 spiro atoms. The maximum atomic E-state index is 12.3. The first-order valence-corrected chi connectivity index (χ1v) is 6.89. The monoisotopic (exact) mass is 275 g/mol. The number of nitrogens with two attached hydrogens (primary N) is 1. The Labute approximate surface area is 119 Å². The zero-order chi connectivity index (χ0) is 14.5. The fourth-order valence-electron chi connectivity index (χ4n) is 2.50. The predicted octanol–water partition coefficient (Wildman–Crippen LogP) is 0.247. The SMILES string of the molecule is CN1CCN(C(=O)CCc2ccccc2)C(C(N)=O)C1. The minimum atomic E-state index is -0.503. The maximum absolute atomic E-state index is 12.3.